The van der Waals surface area contributed by atoms with Crippen molar-refractivity contribution in [1.82, 2.24) is 4.40 Å². The molecule has 2 heterocycles. The zero-order valence-electron chi connectivity index (χ0n) is 8.19. The van der Waals surface area contributed by atoms with Gasteiger partial charge in [-0.2, -0.15) is 5.26 Å². The number of amides is 1. The molecular weight excluding hydrogens is 190 g/mol. The Morgan fingerprint density at radius 1 is 1.53 bits per heavy atom. The van der Waals surface area contributed by atoms with Gasteiger partial charge in [-0.3, -0.25) is 4.79 Å². The average Bonchev–Trinajstić information content (AvgIpc) is 2.56. The molecule has 15 heavy (non-hydrogen) atoms. The third-order valence-corrected chi connectivity index (χ3v) is 2.11. The second kappa shape index (κ2) is 3.46. The molecule has 0 aliphatic rings. The minimum atomic E-state index is -0.177. The zero-order valence-corrected chi connectivity index (χ0v) is 8.19. The Labute approximate surface area is 86.7 Å². The molecule has 2 aromatic heterocycles. The molecule has 0 saturated heterocycles. The molecule has 0 spiro atoms. The van der Waals surface area contributed by atoms with Crippen molar-refractivity contribution in [3.63, 3.8) is 0 Å². The molecule has 1 amide bonds. The number of carbonyl (C=O) groups excluding carboxylic acids is 1. The van der Waals surface area contributed by atoms with Crippen LogP contribution in [-0.4, -0.2) is 10.3 Å². The van der Waals surface area contributed by atoms with Crippen molar-refractivity contribution in [3.05, 3.63) is 36.2 Å². The summed E-state index contributed by atoms with van der Waals surface area (Å²) in [5, 5.41) is 11.6. The highest BCUT2D eigenvalue weighted by Gasteiger charge is 2.10. The largest absolute Gasteiger partial charge is 0.323 e. The zero-order chi connectivity index (χ0) is 10.8. The summed E-state index contributed by atoms with van der Waals surface area (Å²) >= 11 is 0. The summed E-state index contributed by atoms with van der Waals surface area (Å²) < 4.78 is 1.81. The summed E-state index contributed by atoms with van der Waals surface area (Å²) in [7, 11) is 0. The molecule has 4 nitrogen and oxygen atoms in total. The molecule has 0 radical (unpaired) electrons. The normalized spacial score (nSPS) is 9.87. The fourth-order valence-electron chi connectivity index (χ4n) is 1.51. The lowest BCUT2D eigenvalue weighted by molar-refractivity contribution is -0.114. The molecule has 2 aromatic rings. The van der Waals surface area contributed by atoms with Crippen molar-refractivity contribution in [2.45, 2.75) is 6.92 Å². The number of nitrogens with one attached hydrogen (secondary N) is 1. The highest BCUT2D eigenvalue weighted by Crippen LogP contribution is 2.23. The van der Waals surface area contributed by atoms with E-state index in [0.717, 1.165) is 5.52 Å². The highest BCUT2D eigenvalue weighted by atomic mass is 16.1. The number of fused-ring (bicyclic) bond motifs is 1. The first-order chi connectivity index (χ1) is 7.22. The third-order valence-electron chi connectivity index (χ3n) is 2.11. The van der Waals surface area contributed by atoms with Gasteiger partial charge in [-0.15, -0.1) is 0 Å². The Morgan fingerprint density at radius 2 is 2.33 bits per heavy atom. The van der Waals surface area contributed by atoms with Gasteiger partial charge >= 0.3 is 0 Å². The van der Waals surface area contributed by atoms with Crippen LogP contribution < -0.4 is 5.32 Å². The maximum Gasteiger partial charge on any atom is 0.221 e. The molecular formula is C11H9N3O. The Hall–Kier alpha value is -2.28. The lowest BCUT2D eigenvalue weighted by Gasteiger charge is -2.00. The minimum Gasteiger partial charge on any atom is -0.323 e. The third kappa shape index (κ3) is 1.55. The van der Waals surface area contributed by atoms with Crippen LogP contribution in [0.5, 0.6) is 0 Å². The first kappa shape index (κ1) is 9.28. The van der Waals surface area contributed by atoms with Crippen molar-refractivity contribution in [2.75, 3.05) is 5.32 Å². The molecule has 0 fully saturated rings. The molecule has 0 bridgehead atoms. The van der Waals surface area contributed by atoms with Crippen LogP contribution in [0.4, 0.5) is 5.69 Å². The summed E-state index contributed by atoms with van der Waals surface area (Å²) in [6.45, 7) is 1.42. The van der Waals surface area contributed by atoms with Gasteiger partial charge in [0.2, 0.25) is 5.91 Å². The Morgan fingerprint density at radius 3 is 3.00 bits per heavy atom. The number of hydrogen-bond acceptors (Lipinski definition) is 2. The number of carbonyl (C=O) groups is 1. The van der Waals surface area contributed by atoms with Crippen molar-refractivity contribution in [3.8, 4) is 6.07 Å². The van der Waals surface area contributed by atoms with Gasteiger partial charge in [0, 0.05) is 19.3 Å². The molecule has 0 aliphatic carbocycles. The first-order valence-corrected chi connectivity index (χ1v) is 4.50. The number of rotatable bonds is 1. The molecule has 0 unspecified atom stereocenters. The molecule has 0 aromatic carbocycles. The monoisotopic (exact) mass is 199 g/mol. The number of nitriles is 1. The summed E-state index contributed by atoms with van der Waals surface area (Å²) in [6.07, 6.45) is 3.53. The second-order valence-corrected chi connectivity index (χ2v) is 3.20. The summed E-state index contributed by atoms with van der Waals surface area (Å²) in [5.74, 6) is -0.177. The highest BCUT2D eigenvalue weighted by molar-refractivity contribution is 5.96. The minimum absolute atomic E-state index is 0.177. The van der Waals surface area contributed by atoms with E-state index in [4.69, 9.17) is 5.26 Å². The summed E-state index contributed by atoms with van der Waals surface area (Å²) in [6, 6.07) is 7.64. The first-order valence-electron chi connectivity index (χ1n) is 4.50. The van der Waals surface area contributed by atoms with Gasteiger partial charge < -0.3 is 9.72 Å². The number of aromatic nitrogens is 1. The van der Waals surface area contributed by atoms with Gasteiger partial charge in [-0.1, -0.05) is 6.07 Å². The van der Waals surface area contributed by atoms with E-state index in [0.29, 0.717) is 11.3 Å². The van der Waals surface area contributed by atoms with E-state index in [1.807, 2.05) is 28.8 Å². The Kier molecular flexibility index (Phi) is 2.14. The molecule has 2 rings (SSSR count). The van der Waals surface area contributed by atoms with E-state index in [2.05, 4.69) is 11.4 Å². The van der Waals surface area contributed by atoms with Gasteiger partial charge in [-0.05, 0) is 12.1 Å². The lowest BCUT2D eigenvalue weighted by atomic mass is 10.2. The van der Waals surface area contributed by atoms with Crippen LogP contribution in [0.15, 0.2) is 30.6 Å². The van der Waals surface area contributed by atoms with Crippen LogP contribution >= 0.6 is 0 Å². The van der Waals surface area contributed by atoms with Gasteiger partial charge in [0.15, 0.2) is 0 Å². The van der Waals surface area contributed by atoms with Crippen LogP contribution in [0, 0.1) is 11.3 Å². The van der Waals surface area contributed by atoms with Crippen molar-refractivity contribution in [2.24, 2.45) is 0 Å². The lowest BCUT2D eigenvalue weighted by Crippen LogP contribution is -2.06. The maximum absolute atomic E-state index is 11.0. The van der Waals surface area contributed by atoms with Gasteiger partial charge in [0.25, 0.3) is 0 Å². The molecule has 74 valence electrons. The van der Waals surface area contributed by atoms with Crippen molar-refractivity contribution < 1.29 is 4.79 Å². The van der Waals surface area contributed by atoms with E-state index >= 15 is 0 Å². The SMILES string of the molecule is CC(=O)Nc1c(C#N)cn2ccccc12. The quantitative estimate of drug-likeness (QED) is 0.760. The summed E-state index contributed by atoms with van der Waals surface area (Å²) in [4.78, 5) is 11.0. The summed E-state index contributed by atoms with van der Waals surface area (Å²) in [5.41, 5.74) is 1.87. The van der Waals surface area contributed by atoms with Gasteiger partial charge in [0.1, 0.15) is 6.07 Å². The topological polar surface area (TPSA) is 57.3 Å². The molecule has 0 saturated carbocycles. The number of anilines is 1. The van der Waals surface area contributed by atoms with Gasteiger partial charge in [0.05, 0.1) is 16.8 Å². The van der Waals surface area contributed by atoms with Crippen LogP contribution in [0.3, 0.4) is 0 Å². The molecule has 4 heteroatoms. The van der Waals surface area contributed by atoms with Crippen LogP contribution in [0.1, 0.15) is 12.5 Å². The number of hydrogen-bond donors (Lipinski definition) is 1. The van der Waals surface area contributed by atoms with Crippen molar-refractivity contribution in [1.29, 1.82) is 5.26 Å². The fourth-order valence-corrected chi connectivity index (χ4v) is 1.51. The molecule has 1 N–H and O–H groups in total. The van der Waals surface area contributed by atoms with Crippen LogP contribution in [0.25, 0.3) is 5.52 Å². The van der Waals surface area contributed by atoms with Crippen LogP contribution in [0.2, 0.25) is 0 Å². The van der Waals surface area contributed by atoms with E-state index < -0.39 is 0 Å². The second-order valence-electron chi connectivity index (χ2n) is 3.20. The maximum atomic E-state index is 11.0. The molecule has 0 aliphatic heterocycles. The van der Waals surface area contributed by atoms with E-state index in [9.17, 15) is 4.79 Å². The van der Waals surface area contributed by atoms with E-state index in [1.54, 1.807) is 6.20 Å². The molecule has 0 atom stereocenters. The standard InChI is InChI=1S/C11H9N3O/c1-8(15)13-11-9(6-12)7-14-5-3-2-4-10(11)14/h2-5,7H,1H3,(H,13,15). The average molecular weight is 199 g/mol. The fraction of sp³-hybridized carbons (Fsp3) is 0.0909. The number of nitrogens with zero attached hydrogens (tertiary/aromatic N) is 2. The van der Waals surface area contributed by atoms with Crippen LogP contribution in [-0.2, 0) is 4.79 Å². The van der Waals surface area contributed by atoms with Crippen molar-refractivity contribution >= 4 is 17.1 Å². The predicted octanol–water partition coefficient (Wildman–Crippen LogP) is 1.77. The van der Waals surface area contributed by atoms with Gasteiger partial charge in [-0.25, -0.2) is 0 Å². The smallest absolute Gasteiger partial charge is 0.221 e. The van der Waals surface area contributed by atoms with E-state index in [-0.39, 0.29) is 5.91 Å². The Bertz CT molecular complexity index is 563. The Balaban J connectivity index is 2.68. The van der Waals surface area contributed by atoms with E-state index in [1.165, 1.54) is 6.92 Å². The predicted molar refractivity (Wildman–Crippen MR) is 56.4 cm³/mol. The number of pyridine rings is 1.